The number of amides is 2. The first-order chi connectivity index (χ1) is 23.8. The monoisotopic (exact) mass is 712 g/mol. The van der Waals surface area contributed by atoms with E-state index in [4.69, 9.17) is 9.47 Å². The first kappa shape index (κ1) is 36.4. The van der Waals surface area contributed by atoms with E-state index in [0.29, 0.717) is 10.8 Å². The number of nitrogens with zero attached hydrogens (tertiary/aromatic N) is 2. The van der Waals surface area contributed by atoms with Gasteiger partial charge < -0.3 is 29.9 Å². The lowest BCUT2D eigenvalue weighted by molar-refractivity contribution is 0.0401. The number of likely N-dealkylation sites (tertiary alicyclic amines) is 1. The van der Waals surface area contributed by atoms with Crippen LogP contribution in [0.1, 0.15) is 71.3 Å². The molecule has 2 heterocycles. The Balaban J connectivity index is 1.15. The number of carbonyl (C=O) groups excluding carboxylic acids is 2. The number of hydrogen-bond acceptors (Lipinski definition) is 8. The molecule has 0 bridgehead atoms. The highest BCUT2D eigenvalue weighted by Crippen LogP contribution is 2.50. The third-order valence-corrected chi connectivity index (χ3v) is 13.5. The second-order valence-corrected chi connectivity index (χ2v) is 18.0. The molecule has 2 aromatic rings. The van der Waals surface area contributed by atoms with E-state index >= 15 is 4.39 Å². The molecule has 0 aromatic heterocycles. The molecule has 2 saturated heterocycles. The highest BCUT2D eigenvalue weighted by atomic mass is 32.2. The van der Waals surface area contributed by atoms with Gasteiger partial charge in [-0.25, -0.2) is 22.4 Å². The average Bonchev–Trinajstić information content (AvgIpc) is 3.83. The van der Waals surface area contributed by atoms with Crippen LogP contribution in [-0.2, 0) is 24.7 Å². The van der Waals surface area contributed by atoms with E-state index in [9.17, 15) is 18.0 Å². The lowest BCUT2D eigenvalue weighted by Gasteiger charge is -2.51. The zero-order valence-corrected chi connectivity index (χ0v) is 30.6. The van der Waals surface area contributed by atoms with E-state index in [2.05, 4.69) is 20.4 Å². The topological polar surface area (TPSA) is 117 Å². The Labute approximate surface area is 296 Å². The molecule has 0 radical (unpaired) electrons. The number of alkyl carbamates (subject to hydrolysis) is 2. The smallest absolute Gasteiger partial charge is 0.407 e. The van der Waals surface area contributed by atoms with Crippen molar-refractivity contribution in [1.82, 2.24) is 15.5 Å². The molecular formula is C38H53FN4O6S. The van der Waals surface area contributed by atoms with Crippen molar-refractivity contribution in [3.05, 3.63) is 59.9 Å². The molecule has 2 amide bonds. The Kier molecular flexibility index (Phi) is 10.7. The summed E-state index contributed by atoms with van der Waals surface area (Å²) in [5.41, 5.74) is 0.566. The summed E-state index contributed by atoms with van der Waals surface area (Å²) in [5.74, 6) is 0.238. The van der Waals surface area contributed by atoms with Gasteiger partial charge in [-0.2, -0.15) is 0 Å². The molecule has 2 N–H and O–H groups in total. The molecule has 2 aliphatic heterocycles. The van der Waals surface area contributed by atoms with Crippen LogP contribution in [0.4, 0.5) is 19.7 Å². The Morgan fingerprint density at radius 3 is 2.26 bits per heavy atom. The van der Waals surface area contributed by atoms with Gasteiger partial charge in [0.2, 0.25) is 0 Å². The molecule has 6 rings (SSSR count). The Morgan fingerprint density at radius 2 is 1.64 bits per heavy atom. The maximum atomic E-state index is 15.0. The largest absolute Gasteiger partial charge is 0.453 e. The number of methoxy groups -OCH3 is 1. The third kappa shape index (κ3) is 8.06. The fourth-order valence-electron chi connectivity index (χ4n) is 8.71. The zero-order valence-electron chi connectivity index (χ0n) is 29.8. The summed E-state index contributed by atoms with van der Waals surface area (Å²) in [6.07, 6.45) is 4.75. The number of benzene rings is 2. The number of sulfone groups is 1. The first-order valence-electron chi connectivity index (χ1n) is 18.2. The SMILES string of the molecule is COC(=O)N[C@H]1CCC[C@@H]1C(CNC(=O)OC(C)(C)C)(c1cccc(F)c1)C1CCN(CC2CN(c3ccc(S(=O)(=O)C4CC4)cc3)C2)CC1. The summed E-state index contributed by atoms with van der Waals surface area (Å²) >= 11 is 0. The van der Waals surface area contributed by atoms with Crippen LogP contribution >= 0.6 is 0 Å². The van der Waals surface area contributed by atoms with Gasteiger partial charge in [0.25, 0.3) is 0 Å². The molecule has 10 nitrogen and oxygen atoms in total. The molecule has 274 valence electrons. The van der Waals surface area contributed by atoms with E-state index in [1.165, 1.54) is 13.2 Å². The summed E-state index contributed by atoms with van der Waals surface area (Å²) in [7, 11) is -1.83. The minimum absolute atomic E-state index is 0.0549. The molecule has 1 unspecified atom stereocenters. The van der Waals surface area contributed by atoms with Gasteiger partial charge in [-0.3, -0.25) is 0 Å². The van der Waals surface area contributed by atoms with Gasteiger partial charge in [0.05, 0.1) is 17.3 Å². The van der Waals surface area contributed by atoms with Crippen molar-refractivity contribution in [1.29, 1.82) is 0 Å². The van der Waals surface area contributed by atoms with Crippen LogP contribution in [0.15, 0.2) is 53.4 Å². The van der Waals surface area contributed by atoms with E-state index in [0.717, 1.165) is 88.9 Å². The molecule has 0 spiro atoms. The summed E-state index contributed by atoms with van der Waals surface area (Å²) < 4.78 is 50.8. The molecule has 3 atom stereocenters. The lowest BCUT2D eigenvalue weighted by atomic mass is 9.58. The van der Waals surface area contributed by atoms with E-state index in [1.54, 1.807) is 24.3 Å². The van der Waals surface area contributed by atoms with Crippen LogP contribution < -0.4 is 15.5 Å². The number of halogens is 1. The number of anilines is 1. The standard InChI is InChI=1S/C38H53FN4O6S/c1-37(2,3)49-35(44)40-25-38(28-7-5-8-29(39)21-28,33-9-6-10-34(33)41-36(45)48-4)27-17-19-42(20-18-27)22-26-23-43(24-26)30-11-13-31(14-12-30)50(46,47)32-15-16-32/h5,7-8,11-14,21,26-27,32-34H,6,9-10,15-20,22-25H2,1-4H3,(H,40,44)(H,41,45)/t33-,34-,38?/m0/s1. The number of rotatable bonds is 11. The van der Waals surface area contributed by atoms with E-state index in [-0.39, 0.29) is 35.5 Å². The van der Waals surface area contributed by atoms with Gasteiger partial charge in [0, 0.05) is 49.2 Å². The highest BCUT2D eigenvalue weighted by molar-refractivity contribution is 7.92. The molecular weight excluding hydrogens is 660 g/mol. The fraction of sp³-hybridized carbons (Fsp3) is 0.632. The Hall–Kier alpha value is -3.38. The maximum absolute atomic E-state index is 15.0. The van der Waals surface area contributed by atoms with Crippen molar-refractivity contribution in [3.63, 3.8) is 0 Å². The molecule has 2 aliphatic carbocycles. The first-order valence-corrected chi connectivity index (χ1v) is 19.7. The third-order valence-electron chi connectivity index (χ3n) is 11.2. The molecule has 50 heavy (non-hydrogen) atoms. The van der Waals surface area contributed by atoms with Crippen molar-refractivity contribution in [2.24, 2.45) is 17.8 Å². The van der Waals surface area contributed by atoms with Crippen LogP contribution in [-0.4, -0.2) is 88.8 Å². The van der Waals surface area contributed by atoms with E-state index in [1.807, 2.05) is 39.0 Å². The molecule has 12 heteroatoms. The van der Waals surface area contributed by atoms with Crippen molar-refractivity contribution in [2.45, 2.75) is 92.9 Å². The quantitative estimate of drug-likeness (QED) is 0.296. The normalized spacial score (nSPS) is 23.5. The van der Waals surface area contributed by atoms with Crippen LogP contribution in [0.2, 0.25) is 0 Å². The minimum atomic E-state index is -3.19. The van der Waals surface area contributed by atoms with Crippen LogP contribution in [0.5, 0.6) is 0 Å². The second-order valence-electron chi connectivity index (χ2n) is 15.8. The van der Waals surface area contributed by atoms with Gasteiger partial charge in [-0.1, -0.05) is 18.6 Å². The van der Waals surface area contributed by atoms with Gasteiger partial charge in [0.1, 0.15) is 11.4 Å². The van der Waals surface area contributed by atoms with Crippen molar-refractivity contribution in [3.8, 4) is 0 Å². The fourth-order valence-corrected chi connectivity index (χ4v) is 10.4. The minimum Gasteiger partial charge on any atom is -0.453 e. The summed E-state index contributed by atoms with van der Waals surface area (Å²) in [6.45, 7) is 10.3. The number of ether oxygens (including phenoxy) is 2. The Bertz CT molecular complexity index is 1610. The van der Waals surface area contributed by atoms with Gasteiger partial charge in [-0.15, -0.1) is 0 Å². The second kappa shape index (κ2) is 14.7. The molecule has 4 aliphatic rings. The highest BCUT2D eigenvalue weighted by Gasteiger charge is 2.52. The van der Waals surface area contributed by atoms with Crippen molar-refractivity contribution >= 4 is 27.7 Å². The lowest BCUT2D eigenvalue weighted by Crippen LogP contribution is -2.58. The number of carbonyl (C=O) groups is 2. The van der Waals surface area contributed by atoms with Crippen LogP contribution in [0.25, 0.3) is 0 Å². The summed E-state index contributed by atoms with van der Waals surface area (Å²) in [4.78, 5) is 30.8. The number of nitrogens with one attached hydrogen (secondary N) is 2. The van der Waals surface area contributed by atoms with Gasteiger partial charge >= 0.3 is 12.2 Å². The van der Waals surface area contributed by atoms with Crippen LogP contribution in [0.3, 0.4) is 0 Å². The maximum Gasteiger partial charge on any atom is 0.407 e. The average molecular weight is 713 g/mol. The van der Waals surface area contributed by atoms with E-state index < -0.39 is 33.0 Å². The molecule has 2 aromatic carbocycles. The van der Waals surface area contributed by atoms with Gasteiger partial charge in [0.15, 0.2) is 9.84 Å². The zero-order chi connectivity index (χ0) is 35.7. The van der Waals surface area contributed by atoms with Crippen molar-refractivity contribution in [2.75, 3.05) is 51.3 Å². The molecule has 4 fully saturated rings. The number of hydrogen-bond donors (Lipinski definition) is 2. The van der Waals surface area contributed by atoms with Crippen LogP contribution in [0, 0.1) is 23.6 Å². The predicted octanol–water partition coefficient (Wildman–Crippen LogP) is 5.90. The van der Waals surface area contributed by atoms with Crippen molar-refractivity contribution < 1.29 is 31.9 Å². The number of piperidine rings is 1. The molecule has 2 saturated carbocycles. The Morgan fingerprint density at radius 1 is 0.940 bits per heavy atom. The van der Waals surface area contributed by atoms with Gasteiger partial charge in [-0.05, 0) is 126 Å². The summed E-state index contributed by atoms with van der Waals surface area (Å²) in [6, 6.07) is 13.9. The summed E-state index contributed by atoms with van der Waals surface area (Å²) in [5, 5.41) is 5.95. The predicted molar refractivity (Wildman–Crippen MR) is 191 cm³/mol.